The zero-order valence-electron chi connectivity index (χ0n) is 10.7. The predicted octanol–water partition coefficient (Wildman–Crippen LogP) is 2.79. The van der Waals surface area contributed by atoms with Crippen molar-refractivity contribution in [3.05, 3.63) is 35.4 Å². The number of rotatable bonds is 6. The van der Waals surface area contributed by atoms with Gasteiger partial charge in [0.15, 0.2) is 0 Å². The van der Waals surface area contributed by atoms with E-state index in [0.29, 0.717) is 12.6 Å². The number of hydrogen-bond acceptors (Lipinski definition) is 3. The van der Waals surface area contributed by atoms with Crippen LogP contribution in [0.1, 0.15) is 37.4 Å². The fourth-order valence-corrected chi connectivity index (χ4v) is 1.64. The smallest absolute Gasteiger partial charge is 0.121 e. The summed E-state index contributed by atoms with van der Waals surface area (Å²) < 4.78 is 5.10. The standard InChI is InChI=1S/C14H20N2O/c1-4-11(2)16-14(9-15)13-7-5-6-12(8-13)10-17-3/h5-8,11,14,16H,4,10H2,1-3H3. The Morgan fingerprint density at radius 2 is 2.24 bits per heavy atom. The van der Waals surface area contributed by atoms with Gasteiger partial charge in [-0.25, -0.2) is 0 Å². The van der Waals surface area contributed by atoms with Gasteiger partial charge in [-0.1, -0.05) is 31.2 Å². The minimum absolute atomic E-state index is 0.248. The van der Waals surface area contributed by atoms with Gasteiger partial charge in [0.1, 0.15) is 6.04 Å². The zero-order chi connectivity index (χ0) is 12.7. The average molecular weight is 232 g/mol. The van der Waals surface area contributed by atoms with Gasteiger partial charge in [0.2, 0.25) is 0 Å². The lowest BCUT2D eigenvalue weighted by atomic mass is 10.0. The largest absolute Gasteiger partial charge is 0.380 e. The number of nitrogens with zero attached hydrogens (tertiary/aromatic N) is 1. The molecule has 0 saturated carbocycles. The summed E-state index contributed by atoms with van der Waals surface area (Å²) in [6.07, 6.45) is 1.01. The Balaban J connectivity index is 2.81. The minimum atomic E-state index is -0.248. The van der Waals surface area contributed by atoms with E-state index < -0.39 is 0 Å². The van der Waals surface area contributed by atoms with E-state index in [1.807, 2.05) is 24.3 Å². The highest BCUT2D eigenvalue weighted by Crippen LogP contribution is 2.15. The first-order valence-corrected chi connectivity index (χ1v) is 5.94. The highest BCUT2D eigenvalue weighted by molar-refractivity contribution is 5.29. The Morgan fingerprint density at radius 1 is 1.47 bits per heavy atom. The van der Waals surface area contributed by atoms with Crippen LogP contribution < -0.4 is 5.32 Å². The van der Waals surface area contributed by atoms with Crippen molar-refractivity contribution in [3.63, 3.8) is 0 Å². The number of hydrogen-bond donors (Lipinski definition) is 1. The van der Waals surface area contributed by atoms with Crippen LogP contribution >= 0.6 is 0 Å². The minimum Gasteiger partial charge on any atom is -0.380 e. The molecule has 0 radical (unpaired) electrons. The van der Waals surface area contributed by atoms with Gasteiger partial charge in [0, 0.05) is 13.2 Å². The molecule has 3 nitrogen and oxygen atoms in total. The van der Waals surface area contributed by atoms with Crippen LogP contribution in [-0.4, -0.2) is 13.2 Å². The quantitative estimate of drug-likeness (QED) is 0.820. The van der Waals surface area contributed by atoms with E-state index >= 15 is 0 Å². The summed E-state index contributed by atoms with van der Waals surface area (Å²) in [5.41, 5.74) is 2.10. The molecule has 92 valence electrons. The molecular weight excluding hydrogens is 212 g/mol. The molecule has 1 N–H and O–H groups in total. The Morgan fingerprint density at radius 3 is 2.82 bits per heavy atom. The van der Waals surface area contributed by atoms with E-state index in [4.69, 9.17) is 4.74 Å². The molecule has 0 aliphatic heterocycles. The Bertz CT molecular complexity index is 384. The molecule has 1 aromatic rings. The first-order chi connectivity index (χ1) is 8.21. The predicted molar refractivity (Wildman–Crippen MR) is 68.4 cm³/mol. The summed E-state index contributed by atoms with van der Waals surface area (Å²) >= 11 is 0. The van der Waals surface area contributed by atoms with Gasteiger partial charge in [-0.2, -0.15) is 5.26 Å². The molecule has 2 atom stereocenters. The van der Waals surface area contributed by atoms with Crippen LogP contribution in [0.25, 0.3) is 0 Å². The van der Waals surface area contributed by atoms with E-state index in [-0.39, 0.29) is 6.04 Å². The number of nitrogens with one attached hydrogen (secondary N) is 1. The SMILES string of the molecule is CCC(C)NC(C#N)c1cccc(COC)c1. The molecule has 0 saturated heterocycles. The molecule has 0 fully saturated rings. The van der Waals surface area contributed by atoms with Crippen LogP contribution in [0, 0.1) is 11.3 Å². The van der Waals surface area contributed by atoms with Gasteiger partial charge >= 0.3 is 0 Å². The van der Waals surface area contributed by atoms with Crippen LogP contribution in [0.3, 0.4) is 0 Å². The van der Waals surface area contributed by atoms with E-state index in [1.54, 1.807) is 7.11 Å². The summed E-state index contributed by atoms with van der Waals surface area (Å²) in [6.45, 7) is 4.77. The van der Waals surface area contributed by atoms with Gasteiger partial charge in [0.25, 0.3) is 0 Å². The van der Waals surface area contributed by atoms with E-state index in [9.17, 15) is 5.26 Å². The second kappa shape index (κ2) is 7.05. The average Bonchev–Trinajstić information content (AvgIpc) is 2.36. The third-order valence-electron chi connectivity index (χ3n) is 2.79. The molecular formula is C14H20N2O. The van der Waals surface area contributed by atoms with E-state index in [2.05, 4.69) is 25.2 Å². The van der Waals surface area contributed by atoms with Crippen LogP contribution in [-0.2, 0) is 11.3 Å². The molecule has 0 spiro atoms. The van der Waals surface area contributed by atoms with Gasteiger partial charge in [-0.05, 0) is 24.5 Å². The van der Waals surface area contributed by atoms with Crippen LogP contribution in [0.4, 0.5) is 0 Å². The maximum Gasteiger partial charge on any atom is 0.121 e. The maximum atomic E-state index is 9.20. The van der Waals surface area contributed by atoms with E-state index in [0.717, 1.165) is 17.5 Å². The third kappa shape index (κ3) is 4.18. The van der Waals surface area contributed by atoms with Crippen LogP contribution in [0.2, 0.25) is 0 Å². The van der Waals surface area contributed by atoms with Crippen molar-refractivity contribution < 1.29 is 4.74 Å². The molecule has 2 unspecified atom stereocenters. The first kappa shape index (κ1) is 13.7. The van der Waals surface area contributed by atoms with Gasteiger partial charge in [0.05, 0.1) is 12.7 Å². The van der Waals surface area contributed by atoms with Crippen molar-refractivity contribution in [2.75, 3.05) is 7.11 Å². The summed E-state index contributed by atoms with van der Waals surface area (Å²) in [5.74, 6) is 0. The van der Waals surface area contributed by atoms with Crippen molar-refractivity contribution in [1.29, 1.82) is 5.26 Å². The van der Waals surface area contributed by atoms with Crippen molar-refractivity contribution >= 4 is 0 Å². The Labute approximate surface area is 103 Å². The lowest BCUT2D eigenvalue weighted by Gasteiger charge is -2.17. The lowest BCUT2D eigenvalue weighted by molar-refractivity contribution is 0.185. The van der Waals surface area contributed by atoms with E-state index in [1.165, 1.54) is 0 Å². The summed E-state index contributed by atoms with van der Waals surface area (Å²) in [4.78, 5) is 0. The normalized spacial score (nSPS) is 14.0. The molecule has 0 aliphatic rings. The molecule has 1 aromatic carbocycles. The summed E-state index contributed by atoms with van der Waals surface area (Å²) in [5, 5.41) is 12.5. The molecule has 0 aliphatic carbocycles. The Hall–Kier alpha value is -1.37. The molecule has 0 heterocycles. The third-order valence-corrected chi connectivity index (χ3v) is 2.79. The molecule has 1 rings (SSSR count). The van der Waals surface area contributed by atoms with Crippen molar-refractivity contribution in [3.8, 4) is 6.07 Å². The highest BCUT2D eigenvalue weighted by atomic mass is 16.5. The maximum absolute atomic E-state index is 9.20. The van der Waals surface area contributed by atoms with Crippen molar-refractivity contribution in [1.82, 2.24) is 5.32 Å². The molecule has 0 bridgehead atoms. The van der Waals surface area contributed by atoms with Crippen molar-refractivity contribution in [2.45, 2.75) is 39.0 Å². The number of ether oxygens (including phenoxy) is 1. The zero-order valence-corrected chi connectivity index (χ0v) is 10.7. The second-order valence-corrected chi connectivity index (χ2v) is 4.22. The number of methoxy groups -OCH3 is 1. The lowest BCUT2D eigenvalue weighted by Crippen LogP contribution is -2.29. The van der Waals surface area contributed by atoms with Crippen LogP contribution in [0.15, 0.2) is 24.3 Å². The van der Waals surface area contributed by atoms with Gasteiger partial charge in [-0.15, -0.1) is 0 Å². The monoisotopic (exact) mass is 232 g/mol. The number of benzene rings is 1. The second-order valence-electron chi connectivity index (χ2n) is 4.22. The number of nitriles is 1. The highest BCUT2D eigenvalue weighted by Gasteiger charge is 2.12. The van der Waals surface area contributed by atoms with Crippen LogP contribution in [0.5, 0.6) is 0 Å². The topological polar surface area (TPSA) is 45.0 Å². The van der Waals surface area contributed by atoms with Gasteiger partial charge < -0.3 is 4.74 Å². The molecule has 0 amide bonds. The van der Waals surface area contributed by atoms with Crippen molar-refractivity contribution in [2.24, 2.45) is 0 Å². The summed E-state index contributed by atoms with van der Waals surface area (Å²) in [6, 6.07) is 10.4. The Kier molecular flexibility index (Phi) is 5.68. The molecule has 3 heteroatoms. The molecule has 0 aromatic heterocycles. The summed E-state index contributed by atoms with van der Waals surface area (Å²) in [7, 11) is 1.67. The fourth-order valence-electron chi connectivity index (χ4n) is 1.64. The van der Waals surface area contributed by atoms with Gasteiger partial charge in [-0.3, -0.25) is 5.32 Å². The first-order valence-electron chi connectivity index (χ1n) is 5.94. The molecule has 17 heavy (non-hydrogen) atoms. The fraction of sp³-hybridized carbons (Fsp3) is 0.500.